The Bertz CT molecular complexity index is 241. The largest absolute Gasteiger partial charge is 0.382 e. The lowest BCUT2D eigenvalue weighted by atomic mass is 10.2. The Morgan fingerprint density at radius 3 is 2.67 bits per heavy atom. The third kappa shape index (κ3) is 1.90. The van der Waals surface area contributed by atoms with Crippen molar-refractivity contribution in [2.45, 2.75) is 32.7 Å². The molecule has 1 heterocycles. The molecule has 1 aromatic rings. The average Bonchev–Trinajstić information content (AvgIpc) is 2.36. The number of imidazole rings is 1. The molecule has 0 radical (unpaired) electrons. The molecule has 0 saturated heterocycles. The summed E-state index contributed by atoms with van der Waals surface area (Å²) in [5.74, 6) is 1.03. The van der Waals surface area contributed by atoms with Crippen LogP contribution in [-0.2, 0) is 6.54 Å². The average molecular weight is 168 g/mol. The van der Waals surface area contributed by atoms with Crippen molar-refractivity contribution in [2.75, 3.05) is 11.5 Å². The van der Waals surface area contributed by atoms with E-state index in [1.54, 1.807) is 6.33 Å². The van der Waals surface area contributed by atoms with E-state index in [4.69, 9.17) is 11.5 Å². The van der Waals surface area contributed by atoms with Gasteiger partial charge >= 0.3 is 0 Å². The zero-order valence-electron chi connectivity index (χ0n) is 7.45. The van der Waals surface area contributed by atoms with Gasteiger partial charge in [0.05, 0.1) is 6.33 Å². The van der Waals surface area contributed by atoms with Gasteiger partial charge in [-0.05, 0) is 6.42 Å². The van der Waals surface area contributed by atoms with E-state index in [2.05, 4.69) is 11.9 Å². The minimum Gasteiger partial charge on any atom is -0.382 e. The summed E-state index contributed by atoms with van der Waals surface area (Å²) in [5, 5.41) is 0. The maximum atomic E-state index is 5.66. The molecule has 1 aromatic heterocycles. The first-order valence-corrected chi connectivity index (χ1v) is 4.31. The van der Waals surface area contributed by atoms with E-state index >= 15 is 0 Å². The number of nitrogens with zero attached hydrogens (tertiary/aromatic N) is 2. The molecule has 1 rings (SSSR count). The van der Waals surface area contributed by atoms with E-state index in [1.165, 1.54) is 12.8 Å². The first-order valence-electron chi connectivity index (χ1n) is 4.31. The van der Waals surface area contributed by atoms with Crippen LogP contribution in [0.1, 0.15) is 26.2 Å². The molecular weight excluding hydrogens is 152 g/mol. The fourth-order valence-corrected chi connectivity index (χ4v) is 1.12. The van der Waals surface area contributed by atoms with Gasteiger partial charge in [0.2, 0.25) is 0 Å². The second-order valence-electron chi connectivity index (χ2n) is 2.92. The van der Waals surface area contributed by atoms with Gasteiger partial charge in [-0.25, -0.2) is 4.98 Å². The number of unbranched alkanes of at least 4 members (excludes halogenated alkanes) is 2. The quantitative estimate of drug-likeness (QED) is 0.664. The van der Waals surface area contributed by atoms with Crippen LogP contribution in [0.25, 0.3) is 0 Å². The predicted molar refractivity (Wildman–Crippen MR) is 50.6 cm³/mol. The maximum absolute atomic E-state index is 5.66. The molecule has 0 unspecified atom stereocenters. The molecule has 0 spiro atoms. The van der Waals surface area contributed by atoms with Crippen molar-refractivity contribution in [2.24, 2.45) is 0 Å². The van der Waals surface area contributed by atoms with Crippen LogP contribution in [0.15, 0.2) is 6.33 Å². The van der Waals surface area contributed by atoms with Crippen molar-refractivity contribution in [3.8, 4) is 0 Å². The van der Waals surface area contributed by atoms with Crippen LogP contribution in [0.3, 0.4) is 0 Å². The minimum absolute atomic E-state index is 0.437. The van der Waals surface area contributed by atoms with Crippen LogP contribution in [0.5, 0.6) is 0 Å². The van der Waals surface area contributed by atoms with Gasteiger partial charge in [0.1, 0.15) is 5.82 Å². The van der Waals surface area contributed by atoms with Crippen molar-refractivity contribution in [1.29, 1.82) is 0 Å². The molecule has 0 atom stereocenters. The number of nitrogen functional groups attached to an aromatic ring is 2. The van der Waals surface area contributed by atoms with E-state index in [9.17, 15) is 0 Å². The molecule has 0 aliphatic heterocycles. The highest BCUT2D eigenvalue weighted by Crippen LogP contribution is 2.12. The molecule has 0 saturated carbocycles. The number of nitrogens with two attached hydrogens (primary N) is 2. The summed E-state index contributed by atoms with van der Waals surface area (Å²) >= 11 is 0. The SMILES string of the molecule is CCCCCn1cnc(N)c1N. The Balaban J connectivity index is 2.46. The van der Waals surface area contributed by atoms with Crippen molar-refractivity contribution < 1.29 is 0 Å². The standard InChI is InChI=1S/C8H16N4/c1-2-3-4-5-12-6-11-7(9)8(12)10/h6H,2-5,9-10H2,1H3. The summed E-state index contributed by atoms with van der Waals surface area (Å²) < 4.78 is 1.89. The second kappa shape index (κ2) is 3.99. The Morgan fingerprint density at radius 1 is 1.42 bits per heavy atom. The molecule has 4 N–H and O–H groups in total. The smallest absolute Gasteiger partial charge is 0.166 e. The summed E-state index contributed by atoms with van der Waals surface area (Å²) in [4.78, 5) is 3.91. The van der Waals surface area contributed by atoms with Gasteiger partial charge in [-0.15, -0.1) is 0 Å². The highest BCUT2D eigenvalue weighted by atomic mass is 15.1. The van der Waals surface area contributed by atoms with Crippen LogP contribution < -0.4 is 11.5 Å². The van der Waals surface area contributed by atoms with E-state index in [-0.39, 0.29) is 0 Å². The van der Waals surface area contributed by atoms with Gasteiger partial charge < -0.3 is 16.0 Å². The van der Waals surface area contributed by atoms with Crippen LogP contribution in [0.2, 0.25) is 0 Å². The Hall–Kier alpha value is -1.19. The molecule has 0 amide bonds. The third-order valence-electron chi connectivity index (χ3n) is 1.91. The third-order valence-corrected chi connectivity index (χ3v) is 1.91. The molecule has 0 fully saturated rings. The lowest BCUT2D eigenvalue weighted by Crippen LogP contribution is -2.03. The fraction of sp³-hybridized carbons (Fsp3) is 0.625. The Kier molecular flexibility index (Phi) is 2.96. The minimum atomic E-state index is 0.437. The summed E-state index contributed by atoms with van der Waals surface area (Å²) in [6, 6.07) is 0. The van der Waals surface area contributed by atoms with Crippen molar-refractivity contribution in [1.82, 2.24) is 9.55 Å². The fourth-order valence-electron chi connectivity index (χ4n) is 1.12. The monoisotopic (exact) mass is 168 g/mol. The first kappa shape index (κ1) is 8.90. The Morgan fingerprint density at radius 2 is 2.17 bits per heavy atom. The van der Waals surface area contributed by atoms with Crippen molar-refractivity contribution in [3.05, 3.63) is 6.33 Å². The summed E-state index contributed by atoms with van der Waals surface area (Å²) in [6.45, 7) is 3.09. The highest BCUT2D eigenvalue weighted by Gasteiger charge is 2.01. The van der Waals surface area contributed by atoms with E-state index in [0.29, 0.717) is 11.6 Å². The molecular formula is C8H16N4. The number of rotatable bonds is 4. The summed E-state index contributed by atoms with van der Waals surface area (Å²) in [7, 11) is 0. The predicted octanol–water partition coefficient (Wildman–Crippen LogP) is 1.24. The maximum Gasteiger partial charge on any atom is 0.166 e. The van der Waals surface area contributed by atoms with Crippen LogP contribution in [-0.4, -0.2) is 9.55 Å². The summed E-state index contributed by atoms with van der Waals surface area (Å²) in [6.07, 6.45) is 5.26. The first-order chi connectivity index (χ1) is 5.75. The number of hydrogen-bond donors (Lipinski definition) is 2. The molecule has 4 nitrogen and oxygen atoms in total. The molecule has 0 aliphatic carbocycles. The van der Waals surface area contributed by atoms with Crippen molar-refractivity contribution in [3.63, 3.8) is 0 Å². The molecule has 68 valence electrons. The number of aromatic nitrogens is 2. The van der Waals surface area contributed by atoms with Crippen LogP contribution in [0.4, 0.5) is 11.6 Å². The Labute approximate surface area is 72.6 Å². The van der Waals surface area contributed by atoms with Gasteiger partial charge in [-0.1, -0.05) is 19.8 Å². The van der Waals surface area contributed by atoms with E-state index in [0.717, 1.165) is 13.0 Å². The van der Waals surface area contributed by atoms with Crippen molar-refractivity contribution >= 4 is 11.6 Å². The number of aryl methyl sites for hydroxylation is 1. The van der Waals surface area contributed by atoms with Crippen LogP contribution in [0, 0.1) is 0 Å². The zero-order chi connectivity index (χ0) is 8.97. The zero-order valence-corrected chi connectivity index (χ0v) is 7.45. The topological polar surface area (TPSA) is 69.9 Å². The number of anilines is 2. The molecule has 0 aromatic carbocycles. The lowest BCUT2D eigenvalue weighted by molar-refractivity contribution is 0.607. The van der Waals surface area contributed by atoms with Gasteiger partial charge in [0.25, 0.3) is 0 Å². The van der Waals surface area contributed by atoms with Gasteiger partial charge in [-0.3, -0.25) is 0 Å². The second-order valence-corrected chi connectivity index (χ2v) is 2.92. The summed E-state index contributed by atoms with van der Waals surface area (Å²) in [5.41, 5.74) is 11.1. The number of hydrogen-bond acceptors (Lipinski definition) is 3. The molecule has 12 heavy (non-hydrogen) atoms. The van der Waals surface area contributed by atoms with Gasteiger partial charge in [-0.2, -0.15) is 0 Å². The van der Waals surface area contributed by atoms with E-state index < -0.39 is 0 Å². The highest BCUT2D eigenvalue weighted by molar-refractivity contribution is 5.52. The van der Waals surface area contributed by atoms with Gasteiger partial charge in [0.15, 0.2) is 5.82 Å². The molecule has 4 heteroatoms. The molecule has 0 bridgehead atoms. The lowest BCUT2D eigenvalue weighted by Gasteiger charge is -2.03. The molecule has 0 aliphatic rings. The van der Waals surface area contributed by atoms with Gasteiger partial charge in [0, 0.05) is 6.54 Å². The normalized spacial score (nSPS) is 10.4. The van der Waals surface area contributed by atoms with E-state index in [1.807, 2.05) is 4.57 Å². The van der Waals surface area contributed by atoms with Crippen LogP contribution >= 0.6 is 0 Å².